The van der Waals surface area contributed by atoms with Crippen LogP contribution in [0.15, 0.2) is 48.5 Å². The van der Waals surface area contributed by atoms with Crippen molar-refractivity contribution in [2.75, 3.05) is 6.54 Å². The van der Waals surface area contributed by atoms with E-state index in [2.05, 4.69) is 31.3 Å². The average molecular weight is 438 g/mol. The van der Waals surface area contributed by atoms with Crippen LogP contribution in [0.2, 0.25) is 0 Å². The second-order valence-corrected chi connectivity index (χ2v) is 9.40. The lowest BCUT2D eigenvalue weighted by molar-refractivity contribution is -0.147. The minimum absolute atomic E-state index is 0.114. The van der Waals surface area contributed by atoms with Gasteiger partial charge >= 0.3 is 5.97 Å². The van der Waals surface area contributed by atoms with E-state index in [0.29, 0.717) is 12.1 Å². The van der Waals surface area contributed by atoms with Crippen LogP contribution in [0.25, 0.3) is 0 Å². The molecule has 1 amide bonds. The first kappa shape index (κ1) is 25.6. The summed E-state index contributed by atoms with van der Waals surface area (Å²) in [6, 6.07) is 16.0. The third kappa shape index (κ3) is 9.25. The first-order valence-corrected chi connectivity index (χ1v) is 11.9. The number of aryl methyl sites for hydroxylation is 2. The van der Waals surface area contributed by atoms with Gasteiger partial charge in [0.1, 0.15) is 6.61 Å². The molecule has 174 valence electrons. The third-order valence-corrected chi connectivity index (χ3v) is 5.63. The Morgan fingerprint density at radius 3 is 1.84 bits per heavy atom. The van der Waals surface area contributed by atoms with Crippen molar-refractivity contribution in [1.29, 1.82) is 0 Å². The molecule has 0 aliphatic rings. The Bertz CT molecular complexity index is 838. The maximum absolute atomic E-state index is 12.5. The van der Waals surface area contributed by atoms with Crippen LogP contribution in [0.1, 0.15) is 86.8 Å². The second kappa shape index (κ2) is 13.0. The molecule has 0 saturated heterocycles. The molecular formula is C28H39NO3. The molecule has 32 heavy (non-hydrogen) atoms. The summed E-state index contributed by atoms with van der Waals surface area (Å²) in [4.78, 5) is 24.8. The van der Waals surface area contributed by atoms with Crippen LogP contribution in [0.4, 0.5) is 0 Å². The Morgan fingerprint density at radius 2 is 1.31 bits per heavy atom. The highest BCUT2D eigenvalue weighted by Gasteiger charge is 2.24. The van der Waals surface area contributed by atoms with Gasteiger partial charge in [0.25, 0.3) is 5.91 Å². The fourth-order valence-corrected chi connectivity index (χ4v) is 3.48. The van der Waals surface area contributed by atoms with Crippen LogP contribution in [0.3, 0.4) is 0 Å². The maximum atomic E-state index is 12.5. The lowest BCUT2D eigenvalue weighted by atomic mass is 9.89. The molecule has 1 N–H and O–H groups in total. The van der Waals surface area contributed by atoms with E-state index < -0.39 is 5.41 Å². The molecule has 2 aromatic carbocycles. The summed E-state index contributed by atoms with van der Waals surface area (Å²) in [6.07, 6.45) is 7.05. The Hall–Kier alpha value is -2.62. The molecule has 2 rings (SSSR count). The van der Waals surface area contributed by atoms with E-state index >= 15 is 0 Å². The number of hydrogen-bond donors (Lipinski definition) is 1. The van der Waals surface area contributed by atoms with E-state index in [1.54, 1.807) is 0 Å². The predicted molar refractivity (Wildman–Crippen MR) is 131 cm³/mol. The van der Waals surface area contributed by atoms with Crippen LogP contribution in [0, 0.1) is 5.41 Å². The van der Waals surface area contributed by atoms with Gasteiger partial charge in [-0.2, -0.15) is 0 Å². The monoisotopic (exact) mass is 437 g/mol. The highest BCUT2D eigenvalue weighted by molar-refractivity contribution is 5.94. The van der Waals surface area contributed by atoms with Gasteiger partial charge in [-0.1, -0.05) is 76.9 Å². The van der Waals surface area contributed by atoms with Gasteiger partial charge in [-0.3, -0.25) is 9.59 Å². The van der Waals surface area contributed by atoms with Crippen molar-refractivity contribution in [2.45, 2.75) is 79.2 Å². The number of esters is 1. The zero-order valence-corrected chi connectivity index (χ0v) is 20.2. The van der Waals surface area contributed by atoms with E-state index in [9.17, 15) is 9.59 Å². The molecule has 0 aromatic heterocycles. The Labute approximate surface area is 193 Å². The van der Waals surface area contributed by atoms with Crippen LogP contribution in [-0.4, -0.2) is 18.4 Å². The van der Waals surface area contributed by atoms with Crippen LogP contribution >= 0.6 is 0 Å². The van der Waals surface area contributed by atoms with E-state index in [4.69, 9.17) is 4.74 Å². The Kier molecular flexibility index (Phi) is 10.5. The number of carbonyl (C=O) groups excluding carboxylic acids is 2. The first-order chi connectivity index (χ1) is 15.3. The van der Waals surface area contributed by atoms with Crippen molar-refractivity contribution in [3.63, 3.8) is 0 Å². The predicted octanol–water partition coefficient (Wildman–Crippen LogP) is 6.26. The topological polar surface area (TPSA) is 55.4 Å². The van der Waals surface area contributed by atoms with E-state index in [1.807, 2.05) is 50.2 Å². The average Bonchev–Trinajstić information content (AvgIpc) is 2.79. The number of benzene rings is 2. The van der Waals surface area contributed by atoms with Crippen molar-refractivity contribution in [2.24, 2.45) is 5.41 Å². The van der Waals surface area contributed by atoms with Gasteiger partial charge in [0, 0.05) is 12.1 Å². The molecule has 2 aromatic rings. The Morgan fingerprint density at radius 1 is 0.812 bits per heavy atom. The number of unbranched alkanes of at least 4 members (excludes halogenated alkanes) is 2. The summed E-state index contributed by atoms with van der Waals surface area (Å²) >= 11 is 0. The lowest BCUT2D eigenvalue weighted by Gasteiger charge is -2.24. The third-order valence-electron chi connectivity index (χ3n) is 5.63. The molecule has 0 saturated carbocycles. The fraction of sp³-hybridized carbons (Fsp3) is 0.500. The second-order valence-electron chi connectivity index (χ2n) is 9.40. The van der Waals surface area contributed by atoms with Crippen molar-refractivity contribution in [1.82, 2.24) is 5.32 Å². The van der Waals surface area contributed by atoms with Gasteiger partial charge in [0.15, 0.2) is 0 Å². The number of nitrogens with one attached hydrogen (secondary N) is 1. The Balaban J connectivity index is 1.75. The minimum Gasteiger partial charge on any atom is -0.461 e. The molecule has 0 radical (unpaired) electrons. The SMILES string of the molecule is CCCCc1ccc(COC(=O)CC(C)(C)CNC(=O)c2ccc(CCCC)cc2)cc1. The van der Waals surface area contributed by atoms with Gasteiger partial charge < -0.3 is 10.1 Å². The van der Waals surface area contributed by atoms with Gasteiger partial charge in [0.05, 0.1) is 6.42 Å². The van der Waals surface area contributed by atoms with Crippen molar-refractivity contribution in [3.05, 3.63) is 70.8 Å². The quantitative estimate of drug-likeness (QED) is 0.376. The smallest absolute Gasteiger partial charge is 0.306 e. The molecule has 0 atom stereocenters. The van der Waals surface area contributed by atoms with E-state index in [-0.39, 0.29) is 24.9 Å². The standard InChI is InChI=1S/C28H39NO3/c1-5-7-9-22-11-13-24(14-12-22)20-32-26(30)19-28(3,4)21-29-27(31)25-17-15-23(16-18-25)10-8-6-2/h11-18H,5-10,19-21H2,1-4H3,(H,29,31). The van der Waals surface area contributed by atoms with Gasteiger partial charge in [-0.05, 0) is 59.9 Å². The first-order valence-electron chi connectivity index (χ1n) is 11.9. The van der Waals surface area contributed by atoms with Crippen molar-refractivity contribution >= 4 is 11.9 Å². The number of carbonyl (C=O) groups is 2. The number of ether oxygens (including phenoxy) is 1. The lowest BCUT2D eigenvalue weighted by Crippen LogP contribution is -2.35. The van der Waals surface area contributed by atoms with Crippen molar-refractivity contribution < 1.29 is 14.3 Å². The van der Waals surface area contributed by atoms with Gasteiger partial charge in [-0.25, -0.2) is 0 Å². The minimum atomic E-state index is -0.391. The summed E-state index contributed by atoms with van der Waals surface area (Å²) in [6.45, 7) is 8.97. The molecule has 0 fully saturated rings. The zero-order chi connectivity index (χ0) is 23.4. The van der Waals surface area contributed by atoms with Gasteiger partial charge in [0.2, 0.25) is 0 Å². The summed E-state index contributed by atoms with van der Waals surface area (Å²) < 4.78 is 5.47. The maximum Gasteiger partial charge on any atom is 0.306 e. The molecule has 0 aliphatic heterocycles. The molecule has 0 heterocycles. The highest BCUT2D eigenvalue weighted by atomic mass is 16.5. The van der Waals surface area contributed by atoms with Crippen LogP contribution in [0.5, 0.6) is 0 Å². The normalized spacial score (nSPS) is 11.2. The number of rotatable bonds is 13. The number of hydrogen-bond acceptors (Lipinski definition) is 3. The summed E-state index contributed by atoms with van der Waals surface area (Å²) in [5.74, 6) is -0.365. The van der Waals surface area contributed by atoms with Crippen LogP contribution < -0.4 is 5.32 Å². The fourth-order valence-electron chi connectivity index (χ4n) is 3.48. The molecule has 0 aliphatic carbocycles. The summed E-state index contributed by atoms with van der Waals surface area (Å²) in [5.41, 5.74) is 3.81. The van der Waals surface area contributed by atoms with Crippen molar-refractivity contribution in [3.8, 4) is 0 Å². The molecule has 4 heteroatoms. The van der Waals surface area contributed by atoms with E-state index in [0.717, 1.165) is 31.2 Å². The summed E-state index contributed by atoms with van der Waals surface area (Å²) in [7, 11) is 0. The molecular weight excluding hydrogens is 398 g/mol. The number of amides is 1. The largest absolute Gasteiger partial charge is 0.461 e. The zero-order valence-electron chi connectivity index (χ0n) is 20.2. The van der Waals surface area contributed by atoms with E-state index in [1.165, 1.54) is 24.0 Å². The van der Waals surface area contributed by atoms with Crippen LogP contribution in [-0.2, 0) is 29.0 Å². The molecule has 0 spiro atoms. The molecule has 4 nitrogen and oxygen atoms in total. The highest BCUT2D eigenvalue weighted by Crippen LogP contribution is 2.21. The van der Waals surface area contributed by atoms with Gasteiger partial charge in [-0.15, -0.1) is 0 Å². The molecule has 0 unspecified atom stereocenters. The summed E-state index contributed by atoms with van der Waals surface area (Å²) in [5, 5.41) is 2.96. The molecule has 0 bridgehead atoms.